The van der Waals surface area contributed by atoms with Crippen molar-refractivity contribution in [1.82, 2.24) is 10.6 Å². The van der Waals surface area contributed by atoms with Crippen LogP contribution in [0.4, 0.5) is 4.79 Å². The smallest absolute Gasteiger partial charge is 0.407 e. The molecular weight excluding hydrogens is 428 g/mol. The summed E-state index contributed by atoms with van der Waals surface area (Å²) in [5, 5.41) is 16.1. The number of fused-ring (bicyclic) bond motifs is 3. The van der Waals surface area contributed by atoms with Crippen molar-refractivity contribution in [2.45, 2.75) is 24.9 Å². The second kappa shape index (κ2) is 9.23. The highest BCUT2D eigenvalue weighted by molar-refractivity contribution is 7.10. The predicted octanol–water partition coefficient (Wildman–Crippen LogP) is 3.92. The van der Waals surface area contributed by atoms with Crippen molar-refractivity contribution in [2.75, 3.05) is 6.61 Å². The van der Waals surface area contributed by atoms with Crippen molar-refractivity contribution in [3.05, 3.63) is 82.0 Å². The van der Waals surface area contributed by atoms with E-state index in [0.717, 1.165) is 22.3 Å². The van der Waals surface area contributed by atoms with Gasteiger partial charge in [0.25, 0.3) is 0 Å². The first kappa shape index (κ1) is 21.6. The molecule has 1 aromatic heterocycles. The van der Waals surface area contributed by atoms with Gasteiger partial charge in [-0.05, 0) is 40.6 Å². The van der Waals surface area contributed by atoms with Gasteiger partial charge in [-0.1, -0.05) is 54.6 Å². The van der Waals surface area contributed by atoms with Gasteiger partial charge in [-0.3, -0.25) is 4.79 Å². The number of benzene rings is 2. The number of ether oxygens (including phenoxy) is 1. The zero-order valence-electron chi connectivity index (χ0n) is 17.3. The number of thiophene rings is 1. The minimum absolute atomic E-state index is 0.0903. The highest BCUT2D eigenvalue weighted by Crippen LogP contribution is 2.44. The number of alkyl carbamates (subject to hydrolysis) is 1. The Balaban J connectivity index is 1.36. The fourth-order valence-corrected chi connectivity index (χ4v) is 4.63. The Kier molecular flexibility index (Phi) is 6.23. The molecule has 0 saturated heterocycles. The molecule has 0 bridgehead atoms. The molecule has 0 saturated carbocycles. The third kappa shape index (κ3) is 4.36. The molecule has 2 aromatic carbocycles. The average Bonchev–Trinajstić information content (AvgIpc) is 3.42. The van der Waals surface area contributed by atoms with Crippen molar-refractivity contribution in [3.63, 3.8) is 0 Å². The van der Waals surface area contributed by atoms with E-state index in [2.05, 4.69) is 10.6 Å². The molecule has 4 rings (SSSR count). The number of hydrogen-bond donors (Lipinski definition) is 3. The lowest BCUT2D eigenvalue weighted by molar-refractivity contribution is -0.142. The van der Waals surface area contributed by atoms with Crippen LogP contribution in [0.3, 0.4) is 0 Å². The lowest BCUT2D eigenvalue weighted by Crippen LogP contribution is -2.47. The normalized spacial score (nSPS) is 14.0. The average molecular weight is 451 g/mol. The van der Waals surface area contributed by atoms with Crippen LogP contribution in [0.25, 0.3) is 11.1 Å². The van der Waals surface area contributed by atoms with Crippen LogP contribution < -0.4 is 10.6 Å². The Hall–Kier alpha value is -3.65. The summed E-state index contributed by atoms with van der Waals surface area (Å²) in [6, 6.07) is 17.2. The van der Waals surface area contributed by atoms with Crippen LogP contribution >= 0.6 is 11.3 Å². The van der Waals surface area contributed by atoms with E-state index in [1.54, 1.807) is 17.5 Å². The molecule has 1 heterocycles. The summed E-state index contributed by atoms with van der Waals surface area (Å²) in [5.74, 6) is -1.87. The number of carboxylic acid groups (broad SMARTS) is 1. The van der Waals surface area contributed by atoms with Crippen LogP contribution in [0.1, 0.15) is 34.9 Å². The second-order valence-electron chi connectivity index (χ2n) is 7.49. The van der Waals surface area contributed by atoms with Gasteiger partial charge in [0.1, 0.15) is 12.6 Å². The van der Waals surface area contributed by atoms with E-state index < -0.39 is 30.1 Å². The van der Waals surface area contributed by atoms with E-state index in [9.17, 15) is 19.5 Å². The maximum atomic E-state index is 12.4. The van der Waals surface area contributed by atoms with Crippen LogP contribution in [0.2, 0.25) is 0 Å². The summed E-state index contributed by atoms with van der Waals surface area (Å²) < 4.78 is 5.44. The molecular formula is C24H22N2O5S. The lowest BCUT2D eigenvalue weighted by Gasteiger charge is -2.19. The number of amides is 2. The monoisotopic (exact) mass is 450 g/mol. The largest absolute Gasteiger partial charge is 0.479 e. The molecule has 0 radical (unpaired) electrons. The van der Waals surface area contributed by atoms with Crippen molar-refractivity contribution < 1.29 is 24.2 Å². The Morgan fingerprint density at radius 1 is 0.969 bits per heavy atom. The van der Waals surface area contributed by atoms with Gasteiger partial charge < -0.3 is 20.5 Å². The Morgan fingerprint density at radius 3 is 2.16 bits per heavy atom. The Morgan fingerprint density at radius 2 is 1.59 bits per heavy atom. The van der Waals surface area contributed by atoms with E-state index in [4.69, 9.17) is 4.74 Å². The fourth-order valence-electron chi connectivity index (χ4n) is 3.86. The zero-order chi connectivity index (χ0) is 22.7. The van der Waals surface area contributed by atoms with Crippen molar-refractivity contribution in [1.29, 1.82) is 0 Å². The first-order valence-electron chi connectivity index (χ1n) is 10.1. The van der Waals surface area contributed by atoms with Crippen LogP contribution in [-0.2, 0) is 14.3 Å². The number of rotatable bonds is 7. The molecule has 0 fully saturated rings. The number of aliphatic carboxylic acids is 1. The number of hydrogen-bond acceptors (Lipinski definition) is 5. The van der Waals surface area contributed by atoms with Crippen LogP contribution in [-0.4, -0.2) is 35.7 Å². The summed E-state index contributed by atoms with van der Waals surface area (Å²) >= 11 is 1.23. The van der Waals surface area contributed by atoms with E-state index in [-0.39, 0.29) is 12.5 Å². The standard InChI is InChI=1S/C24H22N2O5S/c1-14(22(27)26-21(23(28)29)20-11-6-12-32-20)25-24(30)31-13-19-17-9-4-2-7-15(17)16-8-3-5-10-18(16)19/h2-12,14,19,21H,13H2,1H3,(H,25,30)(H,26,27)(H,28,29). The number of carbonyl (C=O) groups is 3. The summed E-state index contributed by atoms with van der Waals surface area (Å²) in [6.45, 7) is 1.60. The second-order valence-corrected chi connectivity index (χ2v) is 8.47. The third-order valence-corrected chi connectivity index (χ3v) is 6.37. The molecule has 1 aliphatic rings. The van der Waals surface area contributed by atoms with Gasteiger partial charge in [-0.15, -0.1) is 11.3 Å². The van der Waals surface area contributed by atoms with Gasteiger partial charge in [-0.2, -0.15) is 0 Å². The van der Waals surface area contributed by atoms with Gasteiger partial charge in [0.2, 0.25) is 5.91 Å². The van der Waals surface area contributed by atoms with E-state index in [1.165, 1.54) is 18.3 Å². The highest BCUT2D eigenvalue weighted by atomic mass is 32.1. The molecule has 8 heteroatoms. The molecule has 32 heavy (non-hydrogen) atoms. The number of carbonyl (C=O) groups excluding carboxylic acids is 2. The summed E-state index contributed by atoms with van der Waals surface area (Å²) in [7, 11) is 0. The molecule has 0 aliphatic heterocycles. The first-order chi connectivity index (χ1) is 15.5. The van der Waals surface area contributed by atoms with Gasteiger partial charge in [0, 0.05) is 10.8 Å². The van der Waals surface area contributed by atoms with E-state index >= 15 is 0 Å². The quantitative estimate of drug-likeness (QED) is 0.506. The van der Waals surface area contributed by atoms with Crippen molar-refractivity contribution in [2.24, 2.45) is 0 Å². The predicted molar refractivity (Wildman–Crippen MR) is 121 cm³/mol. The molecule has 7 nitrogen and oxygen atoms in total. The maximum absolute atomic E-state index is 12.4. The molecule has 2 unspecified atom stereocenters. The topological polar surface area (TPSA) is 105 Å². The van der Waals surface area contributed by atoms with Crippen LogP contribution in [0.15, 0.2) is 66.0 Å². The first-order valence-corrected chi connectivity index (χ1v) is 11.0. The maximum Gasteiger partial charge on any atom is 0.407 e. The molecule has 1 aliphatic carbocycles. The highest BCUT2D eigenvalue weighted by Gasteiger charge is 2.30. The summed E-state index contributed by atoms with van der Waals surface area (Å²) in [5.41, 5.74) is 4.43. The van der Waals surface area contributed by atoms with E-state index in [1.807, 2.05) is 48.5 Å². The lowest BCUT2D eigenvalue weighted by atomic mass is 9.98. The van der Waals surface area contributed by atoms with Crippen LogP contribution in [0.5, 0.6) is 0 Å². The third-order valence-electron chi connectivity index (χ3n) is 5.43. The van der Waals surface area contributed by atoms with Gasteiger partial charge in [0.15, 0.2) is 6.04 Å². The minimum atomic E-state index is -1.17. The fraction of sp³-hybridized carbons (Fsp3) is 0.208. The van der Waals surface area contributed by atoms with Crippen LogP contribution in [0, 0.1) is 0 Å². The summed E-state index contributed by atoms with van der Waals surface area (Å²) in [4.78, 5) is 36.8. The molecule has 164 valence electrons. The summed E-state index contributed by atoms with van der Waals surface area (Å²) in [6.07, 6.45) is -0.738. The molecule has 2 amide bonds. The Bertz CT molecular complexity index is 1100. The van der Waals surface area contributed by atoms with Crippen molar-refractivity contribution >= 4 is 29.3 Å². The molecule has 3 aromatic rings. The molecule has 2 atom stereocenters. The SMILES string of the molecule is CC(NC(=O)OCC1c2ccccc2-c2ccccc21)C(=O)NC(C(=O)O)c1cccs1. The zero-order valence-corrected chi connectivity index (χ0v) is 18.1. The van der Waals surface area contributed by atoms with Gasteiger partial charge in [-0.25, -0.2) is 9.59 Å². The number of nitrogens with one attached hydrogen (secondary N) is 2. The Labute approximate surface area is 189 Å². The number of carboxylic acids is 1. The van der Waals surface area contributed by atoms with E-state index in [0.29, 0.717) is 4.88 Å². The minimum Gasteiger partial charge on any atom is -0.479 e. The van der Waals surface area contributed by atoms with Gasteiger partial charge in [0.05, 0.1) is 0 Å². The molecule has 3 N–H and O–H groups in total. The van der Waals surface area contributed by atoms with Crippen molar-refractivity contribution in [3.8, 4) is 11.1 Å². The van der Waals surface area contributed by atoms with Gasteiger partial charge >= 0.3 is 12.1 Å². The molecule has 0 spiro atoms.